The molecule has 41 heavy (non-hydrogen) atoms. The Balaban J connectivity index is 1.62. The average molecular weight is 570 g/mol. The summed E-state index contributed by atoms with van der Waals surface area (Å²) in [4.78, 5) is 18.0. The number of nitrogens with one attached hydrogen (secondary N) is 1. The van der Waals surface area contributed by atoms with Gasteiger partial charge in [-0.2, -0.15) is 5.10 Å². The highest BCUT2D eigenvalue weighted by Gasteiger charge is 2.26. The molecule has 0 saturated carbocycles. The Morgan fingerprint density at radius 1 is 1.02 bits per heavy atom. The number of fused-ring (bicyclic) bond motifs is 2. The first-order chi connectivity index (χ1) is 19.7. The van der Waals surface area contributed by atoms with Gasteiger partial charge in [-0.05, 0) is 48.5 Å². The number of para-hydroxylation sites is 1. The molecule has 3 aromatic carbocycles. The lowest BCUT2D eigenvalue weighted by Gasteiger charge is -2.20. The lowest BCUT2D eigenvalue weighted by Crippen LogP contribution is -2.25. The van der Waals surface area contributed by atoms with Crippen LogP contribution >= 0.6 is 0 Å². The van der Waals surface area contributed by atoms with Crippen LogP contribution in [0.25, 0.3) is 50.3 Å². The third-order valence-electron chi connectivity index (χ3n) is 6.91. The van der Waals surface area contributed by atoms with Crippen molar-refractivity contribution in [3.63, 3.8) is 0 Å². The van der Waals surface area contributed by atoms with E-state index >= 15 is 0 Å². The van der Waals surface area contributed by atoms with E-state index in [-0.39, 0.29) is 16.9 Å². The Morgan fingerprint density at radius 2 is 1.78 bits per heavy atom. The van der Waals surface area contributed by atoms with Crippen molar-refractivity contribution in [3.8, 4) is 28.4 Å². The van der Waals surface area contributed by atoms with E-state index in [0.717, 1.165) is 21.5 Å². The van der Waals surface area contributed by atoms with Crippen molar-refractivity contribution in [3.05, 3.63) is 96.4 Å². The van der Waals surface area contributed by atoms with E-state index in [2.05, 4.69) is 10.4 Å². The van der Waals surface area contributed by atoms with Gasteiger partial charge in [0.05, 0.1) is 34.9 Å². The van der Waals surface area contributed by atoms with Gasteiger partial charge in [0.1, 0.15) is 17.2 Å². The van der Waals surface area contributed by atoms with Crippen molar-refractivity contribution in [2.45, 2.75) is 0 Å². The molecule has 11 heteroatoms. The number of amides is 1. The van der Waals surface area contributed by atoms with Crippen LogP contribution in [0.4, 0.5) is 10.1 Å². The minimum Gasteiger partial charge on any atom is -0.455 e. The number of pyridine rings is 1. The Labute approximate surface area is 234 Å². The predicted octanol–water partition coefficient (Wildman–Crippen LogP) is 5.40. The molecule has 9 nitrogen and oxygen atoms in total. The Hall–Kier alpha value is -5.03. The molecular weight excluding hydrogens is 545 g/mol. The van der Waals surface area contributed by atoms with Crippen LogP contribution < -0.4 is 9.62 Å². The second-order valence-electron chi connectivity index (χ2n) is 9.48. The Kier molecular flexibility index (Phi) is 6.30. The molecule has 0 spiro atoms. The second kappa shape index (κ2) is 9.86. The number of carbonyl (C=O) groups is 1. The smallest absolute Gasteiger partial charge is 0.255 e. The molecular formula is C30H24FN5O4S. The maximum atomic E-state index is 13.7. The monoisotopic (exact) mass is 569 g/mol. The van der Waals surface area contributed by atoms with E-state index in [1.807, 2.05) is 36.4 Å². The minimum atomic E-state index is -3.69. The van der Waals surface area contributed by atoms with Crippen molar-refractivity contribution in [1.82, 2.24) is 20.1 Å². The third kappa shape index (κ3) is 4.59. The minimum absolute atomic E-state index is 0.231. The molecule has 0 fully saturated rings. The van der Waals surface area contributed by atoms with E-state index < -0.39 is 21.7 Å². The van der Waals surface area contributed by atoms with Crippen LogP contribution in [0, 0.1) is 5.82 Å². The van der Waals surface area contributed by atoms with Gasteiger partial charge in [-0.3, -0.25) is 9.10 Å². The maximum Gasteiger partial charge on any atom is 0.255 e. The van der Waals surface area contributed by atoms with Gasteiger partial charge in [-0.25, -0.2) is 22.5 Å². The molecule has 3 aromatic heterocycles. The van der Waals surface area contributed by atoms with Gasteiger partial charge in [0.15, 0.2) is 5.82 Å². The lowest BCUT2D eigenvalue weighted by atomic mass is 10.0. The molecule has 0 aliphatic heterocycles. The zero-order valence-corrected chi connectivity index (χ0v) is 23.1. The molecule has 6 aromatic rings. The molecule has 0 aliphatic rings. The normalized spacial score (nSPS) is 11.7. The van der Waals surface area contributed by atoms with Crippen molar-refractivity contribution in [1.29, 1.82) is 0 Å². The van der Waals surface area contributed by atoms with E-state index in [1.54, 1.807) is 29.1 Å². The summed E-state index contributed by atoms with van der Waals surface area (Å²) in [6.07, 6.45) is 2.85. The van der Waals surface area contributed by atoms with Crippen molar-refractivity contribution < 1.29 is 22.0 Å². The Morgan fingerprint density at radius 3 is 2.51 bits per heavy atom. The molecule has 1 amide bonds. The van der Waals surface area contributed by atoms with Crippen LogP contribution in [0.1, 0.15) is 10.4 Å². The average Bonchev–Trinajstić information content (AvgIpc) is 3.57. The fourth-order valence-electron chi connectivity index (χ4n) is 4.78. The number of hydrogen-bond donors (Lipinski definition) is 1. The molecule has 1 N–H and O–H groups in total. The summed E-state index contributed by atoms with van der Waals surface area (Å²) in [7, 11) is -0.752. The van der Waals surface area contributed by atoms with Gasteiger partial charge in [0.2, 0.25) is 10.0 Å². The first-order valence-electron chi connectivity index (χ1n) is 12.6. The van der Waals surface area contributed by atoms with Gasteiger partial charge >= 0.3 is 0 Å². The van der Waals surface area contributed by atoms with Crippen molar-refractivity contribution >= 4 is 43.5 Å². The number of anilines is 1. The summed E-state index contributed by atoms with van der Waals surface area (Å²) in [5.74, 6) is -0.0822. The molecule has 0 bridgehead atoms. The van der Waals surface area contributed by atoms with Gasteiger partial charge in [-0.1, -0.05) is 24.3 Å². The summed E-state index contributed by atoms with van der Waals surface area (Å²) < 4.78 is 48.0. The largest absolute Gasteiger partial charge is 0.455 e. The summed E-state index contributed by atoms with van der Waals surface area (Å²) in [5.41, 5.74) is 3.10. The molecule has 0 saturated heterocycles. The number of halogens is 1. The SMILES string of the molecule is CNC(=O)c1c(-c2ccc(F)cc2)oc2cc(N(C)S(C)(=O)=O)c(-c3cccc(-n4ncc5ccccc54)n3)cc12. The molecule has 0 unspecified atom stereocenters. The van der Waals surface area contributed by atoms with E-state index in [1.165, 1.54) is 38.4 Å². The Bertz CT molecular complexity index is 2070. The molecule has 0 atom stereocenters. The van der Waals surface area contributed by atoms with Crippen molar-refractivity contribution in [2.75, 3.05) is 24.7 Å². The second-order valence-corrected chi connectivity index (χ2v) is 11.5. The molecule has 3 heterocycles. The number of carbonyl (C=O) groups excluding carboxylic acids is 1. The number of rotatable bonds is 6. The molecule has 6 rings (SSSR count). The maximum absolute atomic E-state index is 13.7. The zero-order chi connectivity index (χ0) is 28.9. The summed E-state index contributed by atoms with van der Waals surface area (Å²) in [5, 5.41) is 8.52. The highest BCUT2D eigenvalue weighted by atomic mass is 32.2. The molecule has 0 aliphatic carbocycles. The topological polar surface area (TPSA) is 110 Å². The van der Waals surface area contributed by atoms with Gasteiger partial charge < -0.3 is 9.73 Å². The lowest BCUT2D eigenvalue weighted by molar-refractivity contribution is 0.0964. The number of aromatic nitrogens is 3. The molecule has 206 valence electrons. The van der Waals surface area contributed by atoms with E-state index in [4.69, 9.17) is 9.40 Å². The molecule has 0 radical (unpaired) electrons. The van der Waals surface area contributed by atoms with Gasteiger partial charge in [0, 0.05) is 42.1 Å². The fourth-order valence-corrected chi connectivity index (χ4v) is 5.29. The predicted molar refractivity (Wildman–Crippen MR) is 156 cm³/mol. The number of benzene rings is 3. The summed E-state index contributed by atoms with van der Waals surface area (Å²) >= 11 is 0. The van der Waals surface area contributed by atoms with E-state index in [9.17, 15) is 17.6 Å². The number of sulfonamides is 1. The van der Waals surface area contributed by atoms with Crippen LogP contribution in [0.2, 0.25) is 0 Å². The van der Waals surface area contributed by atoms with Gasteiger partial charge in [0.25, 0.3) is 5.91 Å². The number of nitrogens with zero attached hydrogens (tertiary/aromatic N) is 4. The van der Waals surface area contributed by atoms with Crippen LogP contribution in [-0.4, -0.2) is 49.4 Å². The van der Waals surface area contributed by atoms with Gasteiger partial charge in [-0.15, -0.1) is 0 Å². The standard InChI is InChI=1S/C30H24FN5O4S/c1-32-30(37)28-22-15-21(23-8-6-10-27(34-23)36-24-9-5-4-7-19(24)17-33-36)25(35(2)41(3,38)39)16-26(22)40-29(28)18-11-13-20(31)14-12-18/h4-17H,1-3H3,(H,32,37). The highest BCUT2D eigenvalue weighted by Crippen LogP contribution is 2.41. The first-order valence-corrected chi connectivity index (χ1v) is 14.4. The van der Waals surface area contributed by atoms with Crippen LogP contribution in [0.3, 0.4) is 0 Å². The summed E-state index contributed by atoms with van der Waals surface area (Å²) in [6, 6.07) is 22.0. The quantitative estimate of drug-likeness (QED) is 0.288. The fraction of sp³-hybridized carbons (Fsp3) is 0.100. The van der Waals surface area contributed by atoms with Crippen LogP contribution in [0.5, 0.6) is 0 Å². The van der Waals surface area contributed by atoms with Crippen LogP contribution in [-0.2, 0) is 10.0 Å². The van der Waals surface area contributed by atoms with Crippen molar-refractivity contribution in [2.24, 2.45) is 0 Å². The zero-order valence-electron chi connectivity index (χ0n) is 22.3. The summed E-state index contributed by atoms with van der Waals surface area (Å²) in [6.45, 7) is 0. The number of hydrogen-bond acceptors (Lipinski definition) is 6. The first kappa shape index (κ1) is 26.2. The van der Waals surface area contributed by atoms with Crippen LogP contribution in [0.15, 0.2) is 89.5 Å². The number of furan rings is 1. The third-order valence-corrected chi connectivity index (χ3v) is 8.10. The highest BCUT2D eigenvalue weighted by molar-refractivity contribution is 7.92. The van der Waals surface area contributed by atoms with E-state index in [0.29, 0.717) is 33.7 Å².